The van der Waals surface area contributed by atoms with E-state index in [9.17, 15) is 0 Å². The number of rotatable bonds is 7. The maximum absolute atomic E-state index is 5.74. The lowest BCUT2D eigenvalue weighted by Crippen LogP contribution is -2.21. The number of hydrogen-bond acceptors (Lipinski definition) is 3. The summed E-state index contributed by atoms with van der Waals surface area (Å²) in [5.41, 5.74) is 2.43. The Morgan fingerprint density at radius 3 is 2.60 bits per heavy atom. The van der Waals surface area contributed by atoms with Crippen LogP contribution in [0.3, 0.4) is 0 Å². The fourth-order valence-corrected chi connectivity index (χ4v) is 1.99. The van der Waals surface area contributed by atoms with Crippen LogP contribution in [0.25, 0.3) is 0 Å². The third-order valence-electron chi connectivity index (χ3n) is 3.45. The van der Waals surface area contributed by atoms with Crippen molar-refractivity contribution in [2.24, 2.45) is 7.05 Å². The first-order valence-electron chi connectivity index (χ1n) is 7.04. The van der Waals surface area contributed by atoms with Crippen LogP contribution in [0.5, 0.6) is 5.75 Å². The summed E-state index contributed by atoms with van der Waals surface area (Å²) in [5, 5.41) is 7.38. The zero-order valence-corrected chi connectivity index (χ0v) is 12.5. The van der Waals surface area contributed by atoms with E-state index in [-0.39, 0.29) is 0 Å². The minimum Gasteiger partial charge on any atom is -0.489 e. The molecule has 1 aromatic heterocycles. The van der Waals surface area contributed by atoms with E-state index in [0.29, 0.717) is 12.6 Å². The van der Waals surface area contributed by atoms with Crippen molar-refractivity contribution in [2.45, 2.75) is 32.4 Å². The number of aryl methyl sites for hydroxylation is 2. The van der Waals surface area contributed by atoms with E-state index in [1.54, 1.807) is 4.68 Å². The van der Waals surface area contributed by atoms with Gasteiger partial charge in [0.25, 0.3) is 0 Å². The van der Waals surface area contributed by atoms with Gasteiger partial charge in [0.2, 0.25) is 0 Å². The van der Waals surface area contributed by atoms with Gasteiger partial charge in [-0.2, -0.15) is 5.10 Å². The van der Waals surface area contributed by atoms with Crippen molar-refractivity contribution in [1.82, 2.24) is 15.1 Å². The van der Waals surface area contributed by atoms with E-state index >= 15 is 0 Å². The van der Waals surface area contributed by atoms with Crippen molar-refractivity contribution in [1.29, 1.82) is 0 Å². The van der Waals surface area contributed by atoms with Crippen LogP contribution in [-0.4, -0.2) is 22.9 Å². The van der Waals surface area contributed by atoms with Gasteiger partial charge in [0.1, 0.15) is 12.4 Å². The highest BCUT2D eigenvalue weighted by molar-refractivity contribution is 5.27. The predicted molar refractivity (Wildman–Crippen MR) is 80.8 cm³/mol. The van der Waals surface area contributed by atoms with Gasteiger partial charge < -0.3 is 10.1 Å². The zero-order chi connectivity index (χ0) is 14.4. The van der Waals surface area contributed by atoms with Gasteiger partial charge in [-0.25, -0.2) is 0 Å². The average Bonchev–Trinajstić information content (AvgIpc) is 2.89. The van der Waals surface area contributed by atoms with Crippen LogP contribution in [0, 0.1) is 0 Å². The second-order valence-electron chi connectivity index (χ2n) is 5.18. The van der Waals surface area contributed by atoms with Gasteiger partial charge in [-0.1, -0.05) is 12.1 Å². The molecule has 0 radical (unpaired) electrons. The van der Waals surface area contributed by atoms with Gasteiger partial charge in [0.05, 0.1) is 6.20 Å². The van der Waals surface area contributed by atoms with Gasteiger partial charge in [-0.15, -0.1) is 0 Å². The number of benzene rings is 1. The van der Waals surface area contributed by atoms with Crippen LogP contribution < -0.4 is 10.1 Å². The van der Waals surface area contributed by atoms with E-state index < -0.39 is 0 Å². The Balaban J connectivity index is 1.82. The molecule has 108 valence electrons. The Morgan fingerprint density at radius 1 is 1.25 bits per heavy atom. The maximum atomic E-state index is 5.74. The lowest BCUT2D eigenvalue weighted by Gasteiger charge is -2.10. The zero-order valence-electron chi connectivity index (χ0n) is 12.5. The Labute approximate surface area is 120 Å². The van der Waals surface area contributed by atoms with Gasteiger partial charge in [-0.3, -0.25) is 4.68 Å². The first kappa shape index (κ1) is 14.6. The summed E-state index contributed by atoms with van der Waals surface area (Å²) in [7, 11) is 3.91. The molecule has 0 bridgehead atoms. The number of hydrogen-bond donors (Lipinski definition) is 1. The van der Waals surface area contributed by atoms with Crippen molar-refractivity contribution < 1.29 is 4.74 Å². The Morgan fingerprint density at radius 2 is 2.00 bits per heavy atom. The number of ether oxygens (including phenoxy) is 1. The molecule has 0 aliphatic heterocycles. The van der Waals surface area contributed by atoms with Gasteiger partial charge in [0.15, 0.2) is 0 Å². The summed E-state index contributed by atoms with van der Waals surface area (Å²) in [4.78, 5) is 0. The quantitative estimate of drug-likeness (QED) is 0.842. The molecule has 0 aliphatic rings. The smallest absolute Gasteiger partial charge is 0.119 e. The number of nitrogens with zero attached hydrogens (tertiary/aromatic N) is 2. The lowest BCUT2D eigenvalue weighted by atomic mass is 10.1. The minimum atomic E-state index is 0.552. The Kier molecular flexibility index (Phi) is 5.18. The third-order valence-corrected chi connectivity index (χ3v) is 3.45. The standard InChI is InChI=1S/C16H23N3O/c1-13(17-2)4-5-14-6-8-16(9-7-14)20-12-15-10-18-19(3)11-15/h6-11,13,17H,4-5,12H2,1-3H3. The molecule has 0 saturated heterocycles. The minimum absolute atomic E-state index is 0.552. The van der Waals surface area contributed by atoms with E-state index in [1.807, 2.05) is 38.6 Å². The molecule has 1 heterocycles. The van der Waals surface area contributed by atoms with Gasteiger partial charge in [-0.05, 0) is 44.5 Å². The SMILES string of the molecule is CNC(C)CCc1ccc(OCc2cnn(C)c2)cc1. The molecule has 0 spiro atoms. The highest BCUT2D eigenvalue weighted by Gasteiger charge is 2.01. The molecule has 1 unspecified atom stereocenters. The number of aromatic nitrogens is 2. The summed E-state index contributed by atoms with van der Waals surface area (Å²) in [5.74, 6) is 0.902. The summed E-state index contributed by atoms with van der Waals surface area (Å²) in [6.45, 7) is 2.76. The highest BCUT2D eigenvalue weighted by Crippen LogP contribution is 2.15. The molecule has 0 aliphatic carbocycles. The van der Waals surface area contributed by atoms with E-state index in [4.69, 9.17) is 4.74 Å². The monoisotopic (exact) mass is 273 g/mol. The first-order valence-corrected chi connectivity index (χ1v) is 7.04. The number of nitrogens with one attached hydrogen (secondary N) is 1. The largest absolute Gasteiger partial charge is 0.489 e. The van der Waals surface area contributed by atoms with E-state index in [1.165, 1.54) is 5.56 Å². The van der Waals surface area contributed by atoms with Crippen molar-refractivity contribution in [2.75, 3.05) is 7.05 Å². The van der Waals surface area contributed by atoms with Gasteiger partial charge >= 0.3 is 0 Å². The van der Waals surface area contributed by atoms with Crippen LogP contribution >= 0.6 is 0 Å². The summed E-state index contributed by atoms with van der Waals surface area (Å²) >= 11 is 0. The topological polar surface area (TPSA) is 39.1 Å². The molecule has 0 fully saturated rings. The summed E-state index contributed by atoms with van der Waals surface area (Å²) in [6.07, 6.45) is 6.03. The second-order valence-corrected chi connectivity index (χ2v) is 5.18. The van der Waals surface area contributed by atoms with Crippen LogP contribution in [0.1, 0.15) is 24.5 Å². The molecule has 1 N–H and O–H groups in total. The summed E-state index contributed by atoms with van der Waals surface area (Å²) in [6, 6.07) is 8.91. The molecule has 2 aromatic rings. The first-order chi connectivity index (χ1) is 9.67. The molecular weight excluding hydrogens is 250 g/mol. The molecule has 4 nitrogen and oxygen atoms in total. The fraction of sp³-hybridized carbons (Fsp3) is 0.438. The van der Waals surface area contributed by atoms with Crippen LogP contribution in [0.15, 0.2) is 36.7 Å². The molecule has 2 rings (SSSR count). The van der Waals surface area contributed by atoms with E-state index in [0.717, 1.165) is 24.2 Å². The molecule has 4 heteroatoms. The van der Waals surface area contributed by atoms with Crippen LogP contribution in [-0.2, 0) is 20.1 Å². The second kappa shape index (κ2) is 7.10. The Hall–Kier alpha value is -1.81. The fourth-order valence-electron chi connectivity index (χ4n) is 1.99. The van der Waals surface area contributed by atoms with Crippen molar-refractivity contribution >= 4 is 0 Å². The van der Waals surface area contributed by atoms with Crippen molar-refractivity contribution in [3.63, 3.8) is 0 Å². The molecule has 0 amide bonds. The third kappa shape index (κ3) is 4.38. The van der Waals surface area contributed by atoms with Crippen molar-refractivity contribution in [3.8, 4) is 5.75 Å². The molecule has 1 aromatic carbocycles. The summed E-state index contributed by atoms with van der Waals surface area (Å²) < 4.78 is 7.52. The maximum Gasteiger partial charge on any atom is 0.119 e. The highest BCUT2D eigenvalue weighted by atomic mass is 16.5. The predicted octanol–water partition coefficient (Wildman–Crippen LogP) is 2.54. The molecule has 0 saturated carbocycles. The van der Waals surface area contributed by atoms with Crippen LogP contribution in [0.2, 0.25) is 0 Å². The molecular formula is C16H23N3O. The van der Waals surface area contributed by atoms with E-state index in [2.05, 4.69) is 29.5 Å². The Bertz CT molecular complexity index is 519. The molecule has 1 atom stereocenters. The average molecular weight is 273 g/mol. The van der Waals surface area contributed by atoms with Gasteiger partial charge in [0, 0.05) is 24.8 Å². The normalized spacial score (nSPS) is 12.3. The van der Waals surface area contributed by atoms with Crippen LogP contribution in [0.4, 0.5) is 0 Å². The lowest BCUT2D eigenvalue weighted by molar-refractivity contribution is 0.306. The molecule has 20 heavy (non-hydrogen) atoms. The van der Waals surface area contributed by atoms with Crippen molar-refractivity contribution in [3.05, 3.63) is 47.8 Å².